The quantitative estimate of drug-likeness (QED) is 0.234. The van der Waals surface area contributed by atoms with Crippen LogP contribution in [-0.4, -0.2) is 49.8 Å². The van der Waals surface area contributed by atoms with Crippen molar-refractivity contribution in [3.05, 3.63) is 60.0 Å². The normalized spacial score (nSPS) is 13.0. The minimum atomic E-state index is -0.987. The second kappa shape index (κ2) is 12.2. The molecule has 0 aliphatic carbocycles. The van der Waals surface area contributed by atoms with E-state index in [4.69, 9.17) is 15.3 Å². The standard InChI is InChI=1S/C26H28F2N6O2S/c1-15(27)12-30-13-17-3-8-20(21(28)11-17)25-33-34-26(36-25)23-24(29)31-14-22(32-23)18-4-6-19(7-5-18)37-16(2)9-10-35/h3-8,11,14-16,30,35H,9-10,12-13H2,1-2H3,(H2,29,31). The van der Waals surface area contributed by atoms with Gasteiger partial charge >= 0.3 is 0 Å². The number of benzene rings is 2. The number of hydrogen-bond donors (Lipinski definition) is 3. The van der Waals surface area contributed by atoms with Crippen molar-refractivity contribution in [2.24, 2.45) is 0 Å². The molecule has 2 atom stereocenters. The summed E-state index contributed by atoms with van der Waals surface area (Å²) in [6.07, 6.45) is 1.29. The lowest BCUT2D eigenvalue weighted by atomic mass is 10.1. The summed E-state index contributed by atoms with van der Waals surface area (Å²) in [4.78, 5) is 9.87. The number of nitrogens with one attached hydrogen (secondary N) is 1. The number of hydrogen-bond acceptors (Lipinski definition) is 9. The zero-order chi connectivity index (χ0) is 26.4. The van der Waals surface area contributed by atoms with Crippen molar-refractivity contribution >= 4 is 17.6 Å². The van der Waals surface area contributed by atoms with E-state index in [-0.39, 0.29) is 42.0 Å². The van der Waals surface area contributed by atoms with Gasteiger partial charge in [-0.25, -0.2) is 18.7 Å². The summed E-state index contributed by atoms with van der Waals surface area (Å²) < 4.78 is 33.4. The number of alkyl halides is 1. The third kappa shape index (κ3) is 6.88. The van der Waals surface area contributed by atoms with E-state index in [1.165, 1.54) is 19.1 Å². The van der Waals surface area contributed by atoms with Gasteiger partial charge in [0.05, 0.1) is 17.5 Å². The number of halogens is 2. The summed E-state index contributed by atoms with van der Waals surface area (Å²) in [6, 6.07) is 12.4. The van der Waals surface area contributed by atoms with Crippen LogP contribution in [0.5, 0.6) is 0 Å². The first-order valence-corrected chi connectivity index (χ1v) is 12.7. The van der Waals surface area contributed by atoms with Crippen LogP contribution in [0.25, 0.3) is 34.3 Å². The van der Waals surface area contributed by atoms with Crippen LogP contribution in [0.3, 0.4) is 0 Å². The topological polar surface area (TPSA) is 123 Å². The maximum atomic E-state index is 14.8. The number of thioether (sulfide) groups is 1. The molecule has 4 rings (SSSR count). The van der Waals surface area contributed by atoms with Gasteiger partial charge in [-0.15, -0.1) is 22.0 Å². The summed E-state index contributed by atoms with van der Waals surface area (Å²) >= 11 is 1.68. The molecule has 0 spiro atoms. The molecule has 2 aromatic heterocycles. The second-order valence-electron chi connectivity index (χ2n) is 8.59. The highest BCUT2D eigenvalue weighted by Gasteiger charge is 2.19. The first kappa shape index (κ1) is 26.6. The van der Waals surface area contributed by atoms with Gasteiger partial charge in [-0.3, -0.25) is 0 Å². The van der Waals surface area contributed by atoms with Gasteiger partial charge < -0.3 is 20.6 Å². The van der Waals surface area contributed by atoms with E-state index in [1.54, 1.807) is 24.0 Å². The molecular formula is C26H28F2N6O2S. The lowest BCUT2D eigenvalue weighted by molar-refractivity contribution is 0.289. The van der Waals surface area contributed by atoms with E-state index in [9.17, 15) is 8.78 Å². The molecule has 0 bridgehead atoms. The molecule has 0 saturated heterocycles. The van der Waals surface area contributed by atoms with Crippen LogP contribution in [0.15, 0.2) is 58.0 Å². The third-order valence-electron chi connectivity index (χ3n) is 5.47. The first-order valence-electron chi connectivity index (χ1n) is 11.8. The largest absolute Gasteiger partial charge is 0.414 e. The van der Waals surface area contributed by atoms with Crippen molar-refractivity contribution in [3.8, 4) is 34.3 Å². The highest BCUT2D eigenvalue weighted by atomic mass is 32.2. The Kier molecular flexibility index (Phi) is 8.80. The Bertz CT molecular complexity index is 1330. The van der Waals surface area contributed by atoms with Crippen molar-refractivity contribution in [3.63, 3.8) is 0 Å². The SMILES string of the molecule is CC(F)CNCc1ccc(-c2nnc(-c3nc(-c4ccc(SC(C)CCO)cc4)cnc3N)o2)c(F)c1. The van der Waals surface area contributed by atoms with Crippen molar-refractivity contribution in [1.29, 1.82) is 0 Å². The van der Waals surface area contributed by atoms with Gasteiger partial charge in [0.2, 0.25) is 0 Å². The average Bonchev–Trinajstić information content (AvgIpc) is 3.34. The smallest absolute Gasteiger partial charge is 0.270 e. The molecule has 0 amide bonds. The van der Waals surface area contributed by atoms with Crippen LogP contribution < -0.4 is 11.1 Å². The molecular weight excluding hydrogens is 498 g/mol. The van der Waals surface area contributed by atoms with Crippen molar-refractivity contribution < 1.29 is 18.3 Å². The van der Waals surface area contributed by atoms with Gasteiger partial charge in [0.1, 0.15) is 12.0 Å². The molecule has 0 radical (unpaired) electrons. The van der Waals surface area contributed by atoms with Crippen LogP contribution in [0.2, 0.25) is 0 Å². The number of rotatable bonds is 11. The molecule has 0 saturated carbocycles. The highest BCUT2D eigenvalue weighted by molar-refractivity contribution is 7.99. The number of nitrogens with zero attached hydrogens (tertiary/aromatic N) is 4. The number of anilines is 1. The van der Waals surface area contributed by atoms with Crippen molar-refractivity contribution in [2.45, 2.75) is 43.1 Å². The molecule has 37 heavy (non-hydrogen) atoms. The maximum Gasteiger partial charge on any atom is 0.270 e. The minimum absolute atomic E-state index is 0.0191. The van der Waals surface area contributed by atoms with Crippen LogP contribution in [0.1, 0.15) is 25.8 Å². The van der Waals surface area contributed by atoms with Crippen LogP contribution >= 0.6 is 11.8 Å². The second-order valence-corrected chi connectivity index (χ2v) is 10.1. The van der Waals surface area contributed by atoms with E-state index < -0.39 is 12.0 Å². The molecule has 4 N–H and O–H groups in total. The summed E-state index contributed by atoms with van der Waals surface area (Å²) in [6.45, 7) is 4.20. The monoisotopic (exact) mass is 526 g/mol. The molecule has 2 unspecified atom stereocenters. The number of aliphatic hydroxyl groups is 1. The number of aromatic nitrogens is 4. The number of nitrogens with two attached hydrogens (primary N) is 1. The van der Waals surface area contributed by atoms with Gasteiger partial charge in [-0.1, -0.05) is 25.1 Å². The third-order valence-corrected chi connectivity index (χ3v) is 6.65. The Morgan fingerprint density at radius 1 is 1.11 bits per heavy atom. The van der Waals surface area contributed by atoms with E-state index in [0.29, 0.717) is 23.1 Å². The van der Waals surface area contributed by atoms with Gasteiger partial charge in [-0.05, 0) is 43.2 Å². The predicted octanol–water partition coefficient (Wildman–Crippen LogP) is 4.89. The average molecular weight is 527 g/mol. The lowest BCUT2D eigenvalue weighted by Gasteiger charge is -2.10. The number of aliphatic hydroxyl groups excluding tert-OH is 1. The molecule has 0 aliphatic heterocycles. The highest BCUT2D eigenvalue weighted by Crippen LogP contribution is 2.31. The molecule has 11 heteroatoms. The summed E-state index contributed by atoms with van der Waals surface area (Å²) in [5.74, 6) is -0.432. The number of nitrogen functional groups attached to an aromatic ring is 1. The predicted molar refractivity (Wildman–Crippen MR) is 140 cm³/mol. The van der Waals surface area contributed by atoms with E-state index >= 15 is 0 Å². The van der Waals surface area contributed by atoms with Gasteiger partial charge in [-0.2, -0.15) is 0 Å². The van der Waals surface area contributed by atoms with Gasteiger partial charge in [0.25, 0.3) is 11.8 Å². The Morgan fingerprint density at radius 2 is 1.86 bits per heavy atom. The fourth-order valence-electron chi connectivity index (χ4n) is 3.56. The van der Waals surface area contributed by atoms with Gasteiger partial charge in [0.15, 0.2) is 11.5 Å². The summed E-state index contributed by atoms with van der Waals surface area (Å²) in [7, 11) is 0. The lowest BCUT2D eigenvalue weighted by Crippen LogP contribution is -2.21. The molecule has 2 aromatic carbocycles. The van der Waals surface area contributed by atoms with Crippen LogP contribution in [0.4, 0.5) is 14.6 Å². The molecule has 194 valence electrons. The Balaban J connectivity index is 1.52. The molecule has 4 aromatic rings. The first-order chi connectivity index (χ1) is 17.8. The van der Waals surface area contributed by atoms with Gasteiger partial charge in [0, 0.05) is 35.4 Å². The minimum Gasteiger partial charge on any atom is -0.414 e. The molecule has 0 aliphatic rings. The Labute approximate surface area is 217 Å². The fraction of sp³-hybridized carbons (Fsp3) is 0.308. The van der Waals surface area contributed by atoms with E-state index in [2.05, 4.69) is 32.4 Å². The van der Waals surface area contributed by atoms with E-state index in [0.717, 1.165) is 16.9 Å². The molecule has 8 nitrogen and oxygen atoms in total. The molecule has 2 heterocycles. The summed E-state index contributed by atoms with van der Waals surface area (Å²) in [5, 5.41) is 20.3. The Morgan fingerprint density at radius 3 is 2.57 bits per heavy atom. The van der Waals surface area contributed by atoms with Crippen LogP contribution in [-0.2, 0) is 6.54 Å². The van der Waals surface area contributed by atoms with Crippen molar-refractivity contribution in [2.75, 3.05) is 18.9 Å². The molecule has 0 fully saturated rings. The zero-order valence-corrected chi connectivity index (χ0v) is 21.3. The van der Waals surface area contributed by atoms with E-state index in [1.807, 2.05) is 24.3 Å². The summed E-state index contributed by atoms with van der Waals surface area (Å²) in [5.41, 5.74) is 8.43. The fourth-order valence-corrected chi connectivity index (χ4v) is 4.54. The Hall–Kier alpha value is -3.41. The maximum absolute atomic E-state index is 14.8. The van der Waals surface area contributed by atoms with Crippen molar-refractivity contribution in [1.82, 2.24) is 25.5 Å². The zero-order valence-electron chi connectivity index (χ0n) is 20.5. The van der Waals surface area contributed by atoms with Crippen LogP contribution in [0, 0.1) is 5.82 Å².